The molecule has 6 nitrogen and oxygen atoms in total. The lowest BCUT2D eigenvalue weighted by atomic mass is 9.92. The fourth-order valence-corrected chi connectivity index (χ4v) is 3.40. The summed E-state index contributed by atoms with van der Waals surface area (Å²) in [6.07, 6.45) is 0. The fraction of sp³-hybridized carbons (Fsp3) is 0.200. The second-order valence-electron chi connectivity index (χ2n) is 5.79. The summed E-state index contributed by atoms with van der Waals surface area (Å²) in [6, 6.07) is 13.5. The molecule has 0 unspecified atom stereocenters. The van der Waals surface area contributed by atoms with E-state index in [1.807, 2.05) is 36.4 Å². The van der Waals surface area contributed by atoms with Crippen molar-refractivity contribution in [2.45, 2.75) is 13.0 Å². The van der Waals surface area contributed by atoms with Gasteiger partial charge in [0.15, 0.2) is 0 Å². The number of nitrogens with one attached hydrogen (secondary N) is 2. The summed E-state index contributed by atoms with van der Waals surface area (Å²) in [5.41, 5.74) is 2.18. The van der Waals surface area contributed by atoms with Gasteiger partial charge in [0.25, 0.3) is 0 Å². The van der Waals surface area contributed by atoms with Crippen molar-refractivity contribution in [2.75, 3.05) is 13.7 Å². The smallest absolute Gasteiger partial charge is 0.338 e. The number of halogens is 1. The van der Waals surface area contributed by atoms with E-state index in [9.17, 15) is 9.59 Å². The van der Waals surface area contributed by atoms with Crippen molar-refractivity contribution in [3.8, 4) is 5.75 Å². The second-order valence-corrected chi connectivity index (χ2v) is 6.65. The normalized spacial score (nSPS) is 16.4. The van der Waals surface area contributed by atoms with Crippen molar-refractivity contribution in [3.05, 3.63) is 69.7 Å². The number of ether oxygens (including phenoxy) is 2. The highest BCUT2D eigenvalue weighted by molar-refractivity contribution is 9.10. The Morgan fingerprint density at radius 1 is 1.19 bits per heavy atom. The highest BCUT2D eigenvalue weighted by atomic mass is 79.9. The molecule has 0 saturated heterocycles. The van der Waals surface area contributed by atoms with Gasteiger partial charge < -0.3 is 20.1 Å². The van der Waals surface area contributed by atoms with Gasteiger partial charge in [-0.15, -0.1) is 0 Å². The van der Waals surface area contributed by atoms with Gasteiger partial charge in [-0.05, 0) is 36.2 Å². The van der Waals surface area contributed by atoms with E-state index in [0.717, 1.165) is 10.0 Å². The molecule has 0 radical (unpaired) electrons. The van der Waals surface area contributed by atoms with Crippen LogP contribution < -0.4 is 15.4 Å². The topological polar surface area (TPSA) is 76.7 Å². The Bertz CT molecular complexity index is 896. The number of carbonyl (C=O) groups is 2. The van der Waals surface area contributed by atoms with E-state index in [0.29, 0.717) is 22.6 Å². The molecule has 0 fully saturated rings. The van der Waals surface area contributed by atoms with E-state index in [2.05, 4.69) is 26.6 Å². The maximum Gasteiger partial charge on any atom is 0.338 e. The molecule has 0 aliphatic carbocycles. The molecule has 3 rings (SSSR count). The van der Waals surface area contributed by atoms with E-state index in [4.69, 9.17) is 9.47 Å². The summed E-state index contributed by atoms with van der Waals surface area (Å²) >= 11 is 3.50. The molecular weight excluding hydrogens is 412 g/mol. The summed E-state index contributed by atoms with van der Waals surface area (Å²) in [5, 5.41) is 5.57. The largest absolute Gasteiger partial charge is 0.497 e. The van der Waals surface area contributed by atoms with E-state index >= 15 is 0 Å². The van der Waals surface area contributed by atoms with Crippen molar-refractivity contribution in [1.82, 2.24) is 10.6 Å². The zero-order valence-corrected chi connectivity index (χ0v) is 16.5. The van der Waals surface area contributed by atoms with Crippen molar-refractivity contribution < 1.29 is 19.1 Å². The Morgan fingerprint density at radius 3 is 2.59 bits per heavy atom. The van der Waals surface area contributed by atoms with Crippen LogP contribution in [0.25, 0.3) is 5.70 Å². The SMILES string of the molecule is CCOC(=O)C1=C(c2ccccc2)NC(=O)N[C@@H]1c1cc(OC)ccc1Br. The molecule has 0 saturated carbocycles. The molecule has 1 aliphatic heterocycles. The van der Waals surface area contributed by atoms with Crippen LogP contribution in [0.2, 0.25) is 0 Å². The minimum atomic E-state index is -0.697. The maximum atomic E-state index is 12.8. The Hall–Kier alpha value is -2.80. The van der Waals surface area contributed by atoms with E-state index in [-0.39, 0.29) is 6.61 Å². The Morgan fingerprint density at radius 2 is 1.93 bits per heavy atom. The first-order valence-electron chi connectivity index (χ1n) is 8.42. The Balaban J connectivity index is 2.22. The lowest BCUT2D eigenvalue weighted by Crippen LogP contribution is -2.45. The monoisotopic (exact) mass is 430 g/mol. The quantitative estimate of drug-likeness (QED) is 0.707. The molecule has 1 atom stereocenters. The van der Waals surface area contributed by atoms with Crippen LogP contribution >= 0.6 is 15.9 Å². The van der Waals surface area contributed by atoms with Gasteiger partial charge in [0.05, 0.1) is 31.0 Å². The third-order valence-corrected chi connectivity index (χ3v) is 4.87. The molecule has 7 heteroatoms. The van der Waals surface area contributed by atoms with Gasteiger partial charge in [0.2, 0.25) is 0 Å². The van der Waals surface area contributed by atoms with Crippen LogP contribution in [0, 0.1) is 0 Å². The van der Waals surface area contributed by atoms with Gasteiger partial charge in [-0.2, -0.15) is 0 Å². The minimum absolute atomic E-state index is 0.227. The standard InChI is InChI=1S/C20H19BrN2O4/c1-3-27-19(24)16-17(12-7-5-4-6-8-12)22-20(25)23-18(16)14-11-13(26-2)9-10-15(14)21/h4-11,18H,3H2,1-2H3,(H2,22,23,25)/t18-/m1/s1. The molecule has 2 aromatic rings. The number of esters is 1. The van der Waals surface area contributed by atoms with Gasteiger partial charge in [0, 0.05) is 4.47 Å². The van der Waals surface area contributed by atoms with Gasteiger partial charge in [-0.25, -0.2) is 9.59 Å². The molecule has 0 aromatic heterocycles. The summed E-state index contributed by atoms with van der Waals surface area (Å²) in [7, 11) is 1.56. The number of carbonyl (C=O) groups excluding carboxylic acids is 2. The Labute approximate surface area is 165 Å². The predicted octanol–water partition coefficient (Wildman–Crippen LogP) is 3.79. The van der Waals surface area contributed by atoms with Crippen molar-refractivity contribution >= 4 is 33.6 Å². The number of methoxy groups -OCH3 is 1. The highest BCUT2D eigenvalue weighted by Crippen LogP contribution is 2.36. The second kappa shape index (κ2) is 8.26. The Kier molecular flexibility index (Phi) is 5.81. The van der Waals surface area contributed by atoms with Gasteiger partial charge in [-0.3, -0.25) is 0 Å². The third-order valence-electron chi connectivity index (χ3n) is 4.14. The average molecular weight is 431 g/mol. The lowest BCUT2D eigenvalue weighted by Gasteiger charge is -2.30. The summed E-state index contributed by atoms with van der Waals surface area (Å²) in [4.78, 5) is 25.2. The highest BCUT2D eigenvalue weighted by Gasteiger charge is 2.35. The van der Waals surface area contributed by atoms with Crippen LogP contribution in [0.5, 0.6) is 5.75 Å². The van der Waals surface area contributed by atoms with E-state index in [1.54, 1.807) is 26.2 Å². The molecule has 2 aromatic carbocycles. The number of benzene rings is 2. The first-order valence-corrected chi connectivity index (χ1v) is 9.22. The zero-order chi connectivity index (χ0) is 19.4. The summed E-state index contributed by atoms with van der Waals surface area (Å²) in [6.45, 7) is 1.97. The van der Waals surface area contributed by atoms with Crippen LogP contribution in [-0.2, 0) is 9.53 Å². The average Bonchev–Trinajstić information content (AvgIpc) is 2.68. The predicted molar refractivity (Wildman–Crippen MR) is 105 cm³/mol. The number of rotatable bonds is 5. The van der Waals surface area contributed by atoms with Gasteiger partial charge >= 0.3 is 12.0 Å². The molecular formula is C20H19BrN2O4. The molecule has 0 bridgehead atoms. The molecule has 1 heterocycles. The van der Waals surface area contributed by atoms with Crippen molar-refractivity contribution in [2.24, 2.45) is 0 Å². The van der Waals surface area contributed by atoms with Crippen LogP contribution in [-0.4, -0.2) is 25.7 Å². The van der Waals surface area contributed by atoms with Gasteiger partial charge in [-0.1, -0.05) is 46.3 Å². The molecule has 1 aliphatic rings. The molecule has 27 heavy (non-hydrogen) atoms. The third kappa shape index (κ3) is 3.98. The van der Waals surface area contributed by atoms with E-state index in [1.165, 1.54) is 0 Å². The molecule has 0 spiro atoms. The van der Waals surface area contributed by atoms with Gasteiger partial charge in [0.1, 0.15) is 5.75 Å². The minimum Gasteiger partial charge on any atom is -0.497 e. The fourth-order valence-electron chi connectivity index (χ4n) is 2.93. The van der Waals surface area contributed by atoms with Crippen LogP contribution in [0.3, 0.4) is 0 Å². The van der Waals surface area contributed by atoms with Crippen molar-refractivity contribution in [1.29, 1.82) is 0 Å². The number of hydrogen-bond acceptors (Lipinski definition) is 4. The first kappa shape index (κ1) is 19.0. The first-order chi connectivity index (χ1) is 13.0. The number of amides is 2. The number of urea groups is 1. The summed E-state index contributed by atoms with van der Waals surface area (Å²) in [5.74, 6) is 0.119. The van der Waals surface area contributed by atoms with Crippen LogP contribution in [0.15, 0.2) is 58.6 Å². The van der Waals surface area contributed by atoms with Crippen LogP contribution in [0.4, 0.5) is 4.79 Å². The van der Waals surface area contributed by atoms with Crippen LogP contribution in [0.1, 0.15) is 24.1 Å². The zero-order valence-electron chi connectivity index (χ0n) is 14.9. The lowest BCUT2D eigenvalue weighted by molar-refractivity contribution is -0.138. The number of hydrogen-bond donors (Lipinski definition) is 2. The molecule has 2 amide bonds. The maximum absolute atomic E-state index is 12.8. The molecule has 2 N–H and O–H groups in total. The summed E-state index contributed by atoms with van der Waals surface area (Å²) < 4.78 is 11.3. The molecule has 140 valence electrons. The van der Waals surface area contributed by atoms with Crippen molar-refractivity contribution in [3.63, 3.8) is 0 Å². The van der Waals surface area contributed by atoms with E-state index < -0.39 is 18.0 Å².